The van der Waals surface area contributed by atoms with E-state index in [1.165, 1.54) is 43.5 Å². The Labute approximate surface area is 191 Å². The summed E-state index contributed by atoms with van der Waals surface area (Å²) in [5.74, 6) is 0.895. The number of hydrogen-bond donors (Lipinski definition) is 1. The van der Waals surface area contributed by atoms with Crippen molar-refractivity contribution < 1.29 is 17.9 Å². The molecule has 2 heterocycles. The molecule has 1 fully saturated rings. The standard InChI is InChI=1S/C24H33N3O4S/c1-26-14-11-19-15-18(7-9-21(19)26)22(27-12-5-4-6-13-27)17-25-32(28,29)20-8-10-23(30-2)24(16-20)31-3/h7-10,15-16,22,25H,4-6,11-14,17H2,1-3H3/t22-/m0/s1. The number of sulfonamides is 1. The third kappa shape index (κ3) is 4.72. The third-order valence-corrected chi connectivity index (χ3v) is 8.00. The van der Waals surface area contributed by atoms with Crippen molar-refractivity contribution in [3.8, 4) is 11.5 Å². The molecular weight excluding hydrogens is 426 g/mol. The van der Waals surface area contributed by atoms with Gasteiger partial charge in [0.1, 0.15) is 0 Å². The molecule has 1 N–H and O–H groups in total. The van der Waals surface area contributed by atoms with Crippen molar-refractivity contribution in [2.45, 2.75) is 36.6 Å². The van der Waals surface area contributed by atoms with Crippen LogP contribution in [0.5, 0.6) is 11.5 Å². The maximum atomic E-state index is 13.1. The molecule has 2 aliphatic heterocycles. The highest BCUT2D eigenvalue weighted by Crippen LogP contribution is 2.33. The van der Waals surface area contributed by atoms with Crippen LogP contribution >= 0.6 is 0 Å². The number of methoxy groups -OCH3 is 2. The lowest BCUT2D eigenvalue weighted by atomic mass is 9.99. The minimum Gasteiger partial charge on any atom is -0.493 e. The molecule has 1 atom stereocenters. The minimum absolute atomic E-state index is 0.00132. The molecule has 0 aliphatic carbocycles. The molecule has 0 aromatic heterocycles. The van der Waals surface area contributed by atoms with Crippen LogP contribution in [-0.4, -0.2) is 60.8 Å². The summed E-state index contributed by atoms with van der Waals surface area (Å²) in [6.45, 7) is 3.32. The second-order valence-electron chi connectivity index (χ2n) is 8.54. The van der Waals surface area contributed by atoms with Gasteiger partial charge >= 0.3 is 0 Å². The summed E-state index contributed by atoms with van der Waals surface area (Å²) in [5, 5.41) is 0. The van der Waals surface area contributed by atoms with Gasteiger partial charge in [0, 0.05) is 37.9 Å². The van der Waals surface area contributed by atoms with Crippen LogP contribution in [0.25, 0.3) is 0 Å². The summed E-state index contributed by atoms with van der Waals surface area (Å²) < 4.78 is 39.6. The SMILES string of the molecule is COc1ccc(S(=O)(=O)NC[C@@H](c2ccc3c(c2)CCN3C)N2CCCCC2)cc1OC. The Morgan fingerprint density at radius 1 is 0.969 bits per heavy atom. The number of nitrogens with one attached hydrogen (secondary N) is 1. The van der Waals surface area contributed by atoms with Crippen molar-refractivity contribution in [1.82, 2.24) is 9.62 Å². The molecule has 174 valence electrons. The van der Waals surface area contributed by atoms with Crippen LogP contribution in [0.1, 0.15) is 36.4 Å². The largest absolute Gasteiger partial charge is 0.493 e. The van der Waals surface area contributed by atoms with Gasteiger partial charge in [-0.05, 0) is 61.7 Å². The molecule has 0 bridgehead atoms. The first kappa shape index (κ1) is 22.9. The Hall–Kier alpha value is -2.29. The number of nitrogens with zero attached hydrogens (tertiary/aromatic N) is 2. The van der Waals surface area contributed by atoms with Gasteiger partial charge in [0.2, 0.25) is 10.0 Å². The molecule has 0 amide bonds. The number of anilines is 1. The van der Waals surface area contributed by atoms with E-state index in [4.69, 9.17) is 9.47 Å². The van der Waals surface area contributed by atoms with E-state index in [9.17, 15) is 8.42 Å². The van der Waals surface area contributed by atoms with Gasteiger partial charge in [-0.25, -0.2) is 13.1 Å². The van der Waals surface area contributed by atoms with E-state index in [1.807, 2.05) is 0 Å². The fourth-order valence-corrected chi connectivity index (χ4v) is 5.79. The van der Waals surface area contributed by atoms with Crippen molar-refractivity contribution in [3.05, 3.63) is 47.5 Å². The lowest BCUT2D eigenvalue weighted by molar-refractivity contribution is 0.164. The summed E-state index contributed by atoms with van der Waals surface area (Å²) in [5.41, 5.74) is 3.79. The predicted octanol–water partition coefficient (Wildman–Crippen LogP) is 3.20. The number of likely N-dealkylation sites (tertiary alicyclic amines) is 1. The van der Waals surface area contributed by atoms with Crippen molar-refractivity contribution in [1.29, 1.82) is 0 Å². The maximum Gasteiger partial charge on any atom is 0.240 e. The zero-order chi connectivity index (χ0) is 22.7. The molecule has 0 spiro atoms. The molecule has 8 heteroatoms. The van der Waals surface area contributed by atoms with Crippen molar-refractivity contribution in [2.75, 3.05) is 52.3 Å². The lowest BCUT2D eigenvalue weighted by Gasteiger charge is -2.35. The van der Waals surface area contributed by atoms with Gasteiger partial charge in [-0.3, -0.25) is 4.90 Å². The van der Waals surface area contributed by atoms with Gasteiger partial charge in [-0.15, -0.1) is 0 Å². The number of fused-ring (bicyclic) bond motifs is 1. The second-order valence-corrected chi connectivity index (χ2v) is 10.3. The quantitative estimate of drug-likeness (QED) is 0.654. The number of rotatable bonds is 8. The molecule has 2 aliphatic rings. The monoisotopic (exact) mass is 459 g/mol. The molecule has 1 saturated heterocycles. The lowest BCUT2D eigenvalue weighted by Crippen LogP contribution is -2.40. The third-order valence-electron chi connectivity index (χ3n) is 6.58. The highest BCUT2D eigenvalue weighted by atomic mass is 32.2. The number of benzene rings is 2. The fourth-order valence-electron chi connectivity index (χ4n) is 4.74. The van der Waals surface area contributed by atoms with Crippen LogP contribution in [-0.2, 0) is 16.4 Å². The molecule has 2 aromatic rings. The Balaban J connectivity index is 1.58. The van der Waals surface area contributed by atoms with E-state index in [0.717, 1.165) is 38.9 Å². The number of ether oxygens (including phenoxy) is 2. The Bertz CT molecular complexity index is 1050. The molecule has 0 unspecified atom stereocenters. The van der Waals surface area contributed by atoms with Crippen LogP contribution in [0, 0.1) is 0 Å². The highest BCUT2D eigenvalue weighted by molar-refractivity contribution is 7.89. The summed E-state index contributed by atoms with van der Waals surface area (Å²) in [7, 11) is 1.44. The smallest absolute Gasteiger partial charge is 0.240 e. The Kier molecular flexibility index (Phi) is 6.93. The minimum atomic E-state index is -3.70. The van der Waals surface area contributed by atoms with E-state index in [1.54, 1.807) is 12.1 Å². The molecular formula is C24H33N3O4S. The first-order valence-corrected chi connectivity index (χ1v) is 12.7. The van der Waals surface area contributed by atoms with Crippen molar-refractivity contribution in [2.24, 2.45) is 0 Å². The van der Waals surface area contributed by atoms with Gasteiger partial charge in [0.15, 0.2) is 11.5 Å². The first-order chi connectivity index (χ1) is 15.4. The molecule has 32 heavy (non-hydrogen) atoms. The second kappa shape index (κ2) is 9.68. The number of likely N-dealkylation sites (N-methyl/N-ethyl adjacent to an activating group) is 1. The summed E-state index contributed by atoms with van der Waals surface area (Å²) in [6.07, 6.45) is 4.55. The topological polar surface area (TPSA) is 71.1 Å². The molecule has 2 aromatic carbocycles. The van der Waals surface area contributed by atoms with E-state index in [-0.39, 0.29) is 10.9 Å². The summed E-state index contributed by atoms with van der Waals surface area (Å²) in [4.78, 5) is 4.86. The van der Waals surface area contributed by atoms with E-state index < -0.39 is 10.0 Å². The van der Waals surface area contributed by atoms with E-state index >= 15 is 0 Å². The number of piperidine rings is 1. The Morgan fingerprint density at radius 3 is 2.44 bits per heavy atom. The fraction of sp³-hybridized carbons (Fsp3) is 0.500. The summed E-state index contributed by atoms with van der Waals surface area (Å²) >= 11 is 0. The van der Waals surface area contributed by atoms with Crippen molar-refractivity contribution >= 4 is 15.7 Å². The van der Waals surface area contributed by atoms with Crippen LogP contribution in [0.15, 0.2) is 41.3 Å². The van der Waals surface area contributed by atoms with Crippen molar-refractivity contribution in [3.63, 3.8) is 0 Å². The molecule has 4 rings (SSSR count). The zero-order valence-electron chi connectivity index (χ0n) is 19.1. The maximum absolute atomic E-state index is 13.1. The van der Waals surface area contributed by atoms with E-state index in [0.29, 0.717) is 18.0 Å². The predicted molar refractivity (Wildman–Crippen MR) is 126 cm³/mol. The average Bonchev–Trinajstić information content (AvgIpc) is 3.19. The van der Waals surface area contributed by atoms with Gasteiger partial charge in [-0.2, -0.15) is 0 Å². The van der Waals surface area contributed by atoms with Crippen LogP contribution in [0.3, 0.4) is 0 Å². The van der Waals surface area contributed by atoms with Gasteiger partial charge in [0.05, 0.1) is 19.1 Å². The average molecular weight is 460 g/mol. The first-order valence-electron chi connectivity index (χ1n) is 11.2. The van der Waals surface area contributed by atoms with Crippen LogP contribution in [0.4, 0.5) is 5.69 Å². The molecule has 7 nitrogen and oxygen atoms in total. The van der Waals surface area contributed by atoms with E-state index in [2.05, 4.69) is 39.8 Å². The normalized spacial score (nSPS) is 17.8. The van der Waals surface area contributed by atoms with Crippen LogP contribution in [0.2, 0.25) is 0 Å². The van der Waals surface area contributed by atoms with Gasteiger partial charge in [0.25, 0.3) is 0 Å². The van der Waals surface area contributed by atoms with Gasteiger partial charge < -0.3 is 14.4 Å². The number of hydrogen-bond acceptors (Lipinski definition) is 6. The highest BCUT2D eigenvalue weighted by Gasteiger charge is 2.27. The van der Waals surface area contributed by atoms with Crippen LogP contribution < -0.4 is 19.1 Å². The Morgan fingerprint density at radius 2 is 1.72 bits per heavy atom. The summed E-state index contributed by atoms with van der Waals surface area (Å²) in [6, 6.07) is 11.3. The van der Waals surface area contributed by atoms with Gasteiger partial charge in [-0.1, -0.05) is 18.6 Å². The molecule has 0 radical (unpaired) electrons. The zero-order valence-corrected chi connectivity index (χ0v) is 20.0. The molecule has 0 saturated carbocycles.